The second-order valence-electron chi connectivity index (χ2n) is 4.04. The lowest BCUT2D eigenvalue weighted by atomic mass is 10.0. The molecule has 2 rings (SSSR count). The van der Waals surface area contributed by atoms with E-state index in [0.29, 0.717) is 16.5 Å². The van der Waals surface area contributed by atoms with Crippen LogP contribution in [0.15, 0.2) is 54.2 Å². The lowest BCUT2D eigenvalue weighted by Crippen LogP contribution is -2.62. The Balaban J connectivity index is 2.29. The van der Waals surface area contributed by atoms with Crippen molar-refractivity contribution in [3.05, 3.63) is 54.6 Å². The molecule has 20 heavy (non-hydrogen) atoms. The monoisotopic (exact) mass is 286 g/mol. The molecule has 0 aliphatic carbocycles. The van der Waals surface area contributed by atoms with Gasteiger partial charge in [-0.2, -0.15) is 0 Å². The first kappa shape index (κ1) is 14.1. The molecular weight excluding hydrogens is 270 g/mol. The van der Waals surface area contributed by atoms with Gasteiger partial charge in [0.05, 0.1) is 5.56 Å². The fourth-order valence-electron chi connectivity index (χ4n) is 1.77. The minimum atomic E-state index is 0.198. The fourth-order valence-corrected chi connectivity index (χ4v) is 2.18. The zero-order valence-corrected chi connectivity index (χ0v) is 11.7. The Morgan fingerprint density at radius 3 is 2.95 bits per heavy atom. The highest BCUT2D eigenvalue weighted by Gasteiger charge is 2.06. The summed E-state index contributed by atoms with van der Waals surface area (Å²) in [6, 6.07) is 11.4. The number of aromatic hydroxyl groups is 1. The van der Waals surface area contributed by atoms with Crippen molar-refractivity contribution in [3.8, 4) is 5.75 Å². The fraction of sp³-hybridized carbons (Fsp3) is 0.0667. The molecule has 0 bridgehead atoms. The number of amidine groups is 1. The predicted octanol–water partition coefficient (Wildman–Crippen LogP) is 1.19. The summed E-state index contributed by atoms with van der Waals surface area (Å²) in [6.45, 7) is 3.61. The van der Waals surface area contributed by atoms with Crippen molar-refractivity contribution in [2.45, 2.75) is 0 Å². The molecule has 0 amide bonds. The molecule has 0 aromatic heterocycles. The van der Waals surface area contributed by atoms with Gasteiger partial charge in [0.15, 0.2) is 0 Å². The first-order valence-corrected chi connectivity index (χ1v) is 7.07. The molecule has 0 saturated heterocycles. The van der Waals surface area contributed by atoms with Crippen molar-refractivity contribution in [2.75, 3.05) is 5.75 Å². The second-order valence-corrected chi connectivity index (χ2v) is 5.08. The normalized spacial score (nSPS) is 12.1. The van der Waals surface area contributed by atoms with E-state index in [1.54, 1.807) is 18.4 Å². The Morgan fingerprint density at radius 2 is 2.15 bits per heavy atom. The summed E-state index contributed by atoms with van der Waals surface area (Å²) in [6.07, 6.45) is 3.40. The highest BCUT2D eigenvalue weighted by Crippen LogP contribution is 2.24. The van der Waals surface area contributed by atoms with Gasteiger partial charge in [-0.25, -0.2) is 0 Å². The van der Waals surface area contributed by atoms with E-state index in [-0.39, 0.29) is 5.75 Å². The van der Waals surface area contributed by atoms with Gasteiger partial charge < -0.3 is 10.8 Å². The zero-order valence-electron chi connectivity index (χ0n) is 10.9. The minimum absolute atomic E-state index is 0.198. The molecule has 0 radical (unpaired) electrons. The number of phenols is 1. The molecule has 0 saturated carbocycles. The second kappa shape index (κ2) is 6.77. The van der Waals surface area contributed by atoms with Crippen LogP contribution in [-0.2, 0) is 0 Å². The van der Waals surface area contributed by atoms with Crippen LogP contribution in [0.1, 0.15) is 5.56 Å². The number of nitrogens with two attached hydrogens (primary N) is 1. The largest absolute Gasteiger partial charge is 0.507 e. The SMILES string of the molecule is C=CCSC(N)=N/[NH+]=C/c1c(O)ccc2ccccc12. The maximum Gasteiger partial charge on any atom is 0.226 e. The maximum atomic E-state index is 9.95. The molecule has 0 fully saturated rings. The van der Waals surface area contributed by atoms with Crippen molar-refractivity contribution in [1.29, 1.82) is 0 Å². The van der Waals surface area contributed by atoms with Crippen molar-refractivity contribution >= 4 is 33.9 Å². The third kappa shape index (κ3) is 3.39. The van der Waals surface area contributed by atoms with Gasteiger partial charge in [-0.3, -0.25) is 0 Å². The molecular formula is C15H16N3OS+. The summed E-state index contributed by atoms with van der Waals surface area (Å²) in [7, 11) is 0. The average molecular weight is 286 g/mol. The number of fused-ring (bicyclic) bond motifs is 1. The number of nitrogens with zero attached hydrogens (tertiary/aromatic N) is 1. The van der Waals surface area contributed by atoms with Gasteiger partial charge in [0.2, 0.25) is 11.4 Å². The number of phenolic OH excluding ortho intramolecular Hbond substituents is 1. The number of hydrogen-bond donors (Lipinski definition) is 3. The Hall–Kier alpha value is -2.27. The lowest BCUT2D eigenvalue weighted by molar-refractivity contribution is -0.456. The molecule has 4 nitrogen and oxygen atoms in total. The summed E-state index contributed by atoms with van der Waals surface area (Å²) >= 11 is 1.38. The molecule has 0 aliphatic rings. The molecule has 2 aromatic rings. The van der Waals surface area contributed by atoms with Crippen LogP contribution < -0.4 is 10.8 Å². The van der Waals surface area contributed by atoms with E-state index >= 15 is 0 Å². The topological polar surface area (TPSA) is 72.6 Å². The van der Waals surface area contributed by atoms with Crippen molar-refractivity contribution in [3.63, 3.8) is 0 Å². The maximum absolute atomic E-state index is 9.95. The van der Waals surface area contributed by atoms with E-state index in [9.17, 15) is 5.11 Å². The van der Waals surface area contributed by atoms with Gasteiger partial charge >= 0.3 is 0 Å². The van der Waals surface area contributed by atoms with E-state index in [1.165, 1.54) is 11.8 Å². The van der Waals surface area contributed by atoms with Crippen LogP contribution in [0, 0.1) is 0 Å². The standard InChI is InChI=1S/C15H15N3OS/c1-2-9-20-15(16)18-17-10-13-12-6-4-3-5-11(12)7-8-14(13)19/h2-8,10,19H,1,9H2,(H2,16,18)/p+1/b17-10+. The molecule has 0 heterocycles. The Kier molecular flexibility index (Phi) is 4.79. The number of hydrazone groups is 1. The molecule has 0 atom stereocenters. The average Bonchev–Trinajstić information content (AvgIpc) is 2.47. The van der Waals surface area contributed by atoms with Crippen LogP contribution >= 0.6 is 11.8 Å². The summed E-state index contributed by atoms with van der Waals surface area (Å²) in [5.74, 6) is 0.903. The van der Waals surface area contributed by atoms with Gasteiger partial charge in [-0.1, -0.05) is 48.2 Å². The van der Waals surface area contributed by atoms with Gasteiger partial charge in [0.1, 0.15) is 5.75 Å². The van der Waals surface area contributed by atoms with Crippen LogP contribution in [0.2, 0.25) is 0 Å². The quantitative estimate of drug-likeness (QED) is 0.342. The minimum Gasteiger partial charge on any atom is -0.507 e. The van der Waals surface area contributed by atoms with Crippen molar-refractivity contribution < 1.29 is 10.2 Å². The zero-order chi connectivity index (χ0) is 14.4. The summed E-state index contributed by atoms with van der Waals surface area (Å²) in [5, 5.41) is 19.1. The molecule has 102 valence electrons. The number of nitrogens with one attached hydrogen (secondary N) is 1. The number of hydrogen-bond acceptors (Lipinski definition) is 3. The smallest absolute Gasteiger partial charge is 0.226 e. The molecule has 0 unspecified atom stereocenters. The summed E-state index contributed by atoms with van der Waals surface area (Å²) in [4.78, 5) is 0. The van der Waals surface area contributed by atoms with Crippen LogP contribution in [0.4, 0.5) is 0 Å². The van der Waals surface area contributed by atoms with E-state index in [2.05, 4.69) is 16.8 Å². The van der Waals surface area contributed by atoms with Crippen LogP contribution in [0.5, 0.6) is 5.75 Å². The first-order valence-electron chi connectivity index (χ1n) is 6.08. The Labute approximate surface area is 121 Å². The van der Waals surface area contributed by atoms with Crippen LogP contribution in [-0.4, -0.2) is 22.2 Å². The molecule has 2 aromatic carbocycles. The molecule has 5 heteroatoms. The van der Waals surface area contributed by atoms with Gasteiger partial charge in [0, 0.05) is 10.9 Å². The van der Waals surface area contributed by atoms with Gasteiger partial charge in [0.25, 0.3) is 0 Å². The lowest BCUT2D eigenvalue weighted by Gasteiger charge is -2.01. The predicted molar refractivity (Wildman–Crippen MR) is 86.0 cm³/mol. The van der Waals surface area contributed by atoms with E-state index in [1.807, 2.05) is 30.3 Å². The van der Waals surface area contributed by atoms with Crippen LogP contribution in [0.3, 0.4) is 0 Å². The van der Waals surface area contributed by atoms with E-state index < -0.39 is 0 Å². The molecule has 0 aliphatic heterocycles. The summed E-state index contributed by atoms with van der Waals surface area (Å²) < 4.78 is 0. The molecule has 4 N–H and O–H groups in total. The molecule has 0 spiro atoms. The number of rotatable bonds is 4. The van der Waals surface area contributed by atoms with E-state index in [4.69, 9.17) is 5.73 Å². The highest BCUT2D eigenvalue weighted by molar-refractivity contribution is 8.13. The Bertz CT molecular complexity index is 680. The van der Waals surface area contributed by atoms with Crippen LogP contribution in [0.25, 0.3) is 10.8 Å². The number of benzene rings is 2. The number of thioether (sulfide) groups is 1. The summed E-state index contributed by atoms with van der Waals surface area (Å²) in [5.41, 5.74) is 6.38. The van der Waals surface area contributed by atoms with Crippen molar-refractivity contribution in [1.82, 2.24) is 0 Å². The van der Waals surface area contributed by atoms with Gasteiger partial charge in [-0.15, -0.1) is 11.7 Å². The van der Waals surface area contributed by atoms with Gasteiger partial charge in [-0.05, 0) is 16.8 Å². The Morgan fingerprint density at radius 1 is 1.35 bits per heavy atom. The van der Waals surface area contributed by atoms with Crippen molar-refractivity contribution in [2.24, 2.45) is 10.8 Å². The third-order valence-corrected chi connectivity index (χ3v) is 3.47. The van der Waals surface area contributed by atoms with E-state index in [0.717, 1.165) is 10.8 Å². The highest BCUT2D eigenvalue weighted by atomic mass is 32.2. The first-order chi connectivity index (χ1) is 9.72. The third-order valence-electron chi connectivity index (χ3n) is 2.68.